The van der Waals surface area contributed by atoms with Gasteiger partial charge in [0.15, 0.2) is 21.8 Å². The molecule has 1 aromatic carbocycles. The maximum Gasteiger partial charge on any atom is 0.355 e. The van der Waals surface area contributed by atoms with Crippen LogP contribution in [-0.4, -0.2) is 65.3 Å². The number of sulfone groups is 1. The second-order valence-electron chi connectivity index (χ2n) is 6.87. The molecule has 1 saturated heterocycles. The van der Waals surface area contributed by atoms with Crippen molar-refractivity contribution in [3.8, 4) is 5.75 Å². The molecule has 0 spiro atoms. The number of rotatable bonds is 6. The molecule has 31 heavy (non-hydrogen) atoms. The highest BCUT2D eigenvalue weighted by Crippen LogP contribution is 2.37. The number of alkyl halides is 3. The summed E-state index contributed by atoms with van der Waals surface area (Å²) in [7, 11) is -3.87. The molecule has 3 rings (SSSR count). The van der Waals surface area contributed by atoms with Gasteiger partial charge in [0.1, 0.15) is 24.1 Å². The molecule has 2 amide bonds. The van der Waals surface area contributed by atoms with Gasteiger partial charge in [-0.05, 0) is 24.6 Å². The van der Waals surface area contributed by atoms with Crippen LogP contribution in [0, 0.1) is 0 Å². The first kappa shape index (κ1) is 23.6. The standard InChI is InChI=1S/C18H17Cl3N2O7S/c1-10-8-31(27,28)16-13(22-12(24)7-29-11-5-3-2-4-6-11)15(25)23(16)14(10)17(26)30-9-18(19,20)21/h2-6,13,16H,7-9H2,1H3,(H,22,24)/t13?,16-/m1/s1. The third-order valence-electron chi connectivity index (χ3n) is 4.46. The predicted molar refractivity (Wildman–Crippen MR) is 112 cm³/mol. The fraction of sp³-hybridized carbons (Fsp3) is 0.389. The summed E-state index contributed by atoms with van der Waals surface area (Å²) in [5, 5.41) is 0.905. The largest absolute Gasteiger partial charge is 0.484 e. The first-order valence-electron chi connectivity index (χ1n) is 8.86. The normalized spacial score (nSPS) is 22.3. The van der Waals surface area contributed by atoms with Crippen LogP contribution >= 0.6 is 34.8 Å². The Morgan fingerprint density at radius 1 is 1.23 bits per heavy atom. The van der Waals surface area contributed by atoms with Crippen molar-refractivity contribution in [3.05, 3.63) is 41.6 Å². The summed E-state index contributed by atoms with van der Waals surface area (Å²) in [6, 6.07) is 7.12. The number of carbonyl (C=O) groups excluding carboxylic acids is 3. The number of fused-ring (bicyclic) bond motifs is 1. The van der Waals surface area contributed by atoms with Gasteiger partial charge >= 0.3 is 5.97 Å². The first-order valence-corrected chi connectivity index (χ1v) is 11.7. The zero-order valence-electron chi connectivity index (χ0n) is 16.0. The molecule has 168 valence electrons. The molecule has 0 bridgehead atoms. The molecule has 13 heteroatoms. The van der Waals surface area contributed by atoms with Crippen LogP contribution in [0.15, 0.2) is 41.6 Å². The molecule has 2 atom stereocenters. The van der Waals surface area contributed by atoms with Crippen LogP contribution in [0.25, 0.3) is 0 Å². The lowest BCUT2D eigenvalue weighted by Gasteiger charge is -2.49. The van der Waals surface area contributed by atoms with E-state index in [9.17, 15) is 22.8 Å². The Morgan fingerprint density at radius 2 is 1.87 bits per heavy atom. The van der Waals surface area contributed by atoms with Crippen molar-refractivity contribution in [2.75, 3.05) is 19.0 Å². The Morgan fingerprint density at radius 3 is 2.48 bits per heavy atom. The van der Waals surface area contributed by atoms with Crippen LogP contribution in [0.2, 0.25) is 0 Å². The van der Waals surface area contributed by atoms with Crippen molar-refractivity contribution >= 4 is 62.4 Å². The molecule has 1 unspecified atom stereocenters. The number of halogens is 3. The maximum atomic E-state index is 12.6. The average Bonchev–Trinajstić information content (AvgIpc) is 2.68. The number of amides is 2. The number of hydrogen-bond donors (Lipinski definition) is 1. The average molecular weight is 512 g/mol. The molecule has 0 radical (unpaired) electrons. The molecule has 2 heterocycles. The fourth-order valence-electron chi connectivity index (χ4n) is 3.23. The van der Waals surface area contributed by atoms with Gasteiger partial charge in [-0.25, -0.2) is 13.2 Å². The van der Waals surface area contributed by atoms with Crippen molar-refractivity contribution in [1.29, 1.82) is 0 Å². The van der Waals surface area contributed by atoms with Gasteiger partial charge in [0.25, 0.3) is 11.8 Å². The number of hydrogen-bond acceptors (Lipinski definition) is 7. The van der Waals surface area contributed by atoms with E-state index in [1.54, 1.807) is 30.3 Å². The molecule has 1 aromatic rings. The van der Waals surface area contributed by atoms with E-state index in [-0.39, 0.29) is 11.3 Å². The number of esters is 1. The third kappa shape index (κ3) is 5.25. The highest BCUT2D eigenvalue weighted by molar-refractivity contribution is 7.92. The lowest BCUT2D eigenvalue weighted by molar-refractivity contribution is -0.153. The quantitative estimate of drug-likeness (QED) is 0.348. The summed E-state index contributed by atoms with van der Waals surface area (Å²) in [6.45, 7) is 0.365. The first-order chi connectivity index (χ1) is 14.4. The van der Waals surface area contributed by atoms with Crippen LogP contribution in [-0.2, 0) is 29.0 Å². The summed E-state index contributed by atoms with van der Waals surface area (Å²) in [5.41, 5.74) is -0.138. The monoisotopic (exact) mass is 510 g/mol. The third-order valence-corrected chi connectivity index (χ3v) is 6.85. The molecule has 0 saturated carbocycles. The van der Waals surface area contributed by atoms with E-state index < -0.39 is 61.8 Å². The van der Waals surface area contributed by atoms with E-state index in [4.69, 9.17) is 44.3 Å². The summed E-state index contributed by atoms with van der Waals surface area (Å²) >= 11 is 16.7. The minimum atomic E-state index is -3.87. The van der Waals surface area contributed by atoms with Gasteiger partial charge in [0, 0.05) is 0 Å². The van der Waals surface area contributed by atoms with E-state index in [1.165, 1.54) is 6.92 Å². The molecule has 0 aromatic heterocycles. The topological polar surface area (TPSA) is 119 Å². The number of carbonyl (C=O) groups is 3. The van der Waals surface area contributed by atoms with E-state index in [1.807, 2.05) is 0 Å². The van der Waals surface area contributed by atoms with E-state index in [2.05, 4.69) is 5.32 Å². The van der Waals surface area contributed by atoms with Crippen molar-refractivity contribution in [2.45, 2.75) is 22.1 Å². The minimum Gasteiger partial charge on any atom is -0.484 e. The van der Waals surface area contributed by atoms with Crippen molar-refractivity contribution in [3.63, 3.8) is 0 Å². The van der Waals surface area contributed by atoms with Gasteiger partial charge in [-0.1, -0.05) is 53.0 Å². The van der Waals surface area contributed by atoms with Crippen LogP contribution in [0.5, 0.6) is 5.75 Å². The minimum absolute atomic E-state index is 0.108. The smallest absolute Gasteiger partial charge is 0.355 e. The predicted octanol–water partition coefficient (Wildman–Crippen LogP) is 1.33. The molecule has 9 nitrogen and oxygen atoms in total. The number of nitrogens with zero attached hydrogens (tertiary/aromatic N) is 1. The van der Waals surface area contributed by atoms with Gasteiger partial charge in [0.2, 0.25) is 3.79 Å². The molecular formula is C18H17Cl3N2O7S. The van der Waals surface area contributed by atoms with Crippen LogP contribution in [0.1, 0.15) is 6.92 Å². The second kappa shape index (κ2) is 8.85. The van der Waals surface area contributed by atoms with E-state index in [0.29, 0.717) is 5.75 Å². The number of benzene rings is 1. The Balaban J connectivity index is 1.71. The summed E-state index contributed by atoms with van der Waals surface area (Å²) in [6.07, 6.45) is 0. The SMILES string of the molecule is CC1=C(C(=O)OCC(Cl)(Cl)Cl)N2C(=O)C(NC(=O)COc3ccccc3)[C@H]2S(=O)(=O)C1. The highest BCUT2D eigenvalue weighted by Gasteiger charge is 2.60. The van der Waals surface area contributed by atoms with Gasteiger partial charge in [-0.15, -0.1) is 0 Å². The van der Waals surface area contributed by atoms with Crippen molar-refractivity contribution < 1.29 is 32.3 Å². The number of nitrogens with one attached hydrogen (secondary N) is 1. The Kier molecular flexibility index (Phi) is 6.75. The summed E-state index contributed by atoms with van der Waals surface area (Å²) in [5.74, 6) is -2.53. The van der Waals surface area contributed by atoms with E-state index in [0.717, 1.165) is 4.90 Å². The maximum absolute atomic E-state index is 12.6. The lowest BCUT2D eigenvalue weighted by atomic mass is 10.0. The van der Waals surface area contributed by atoms with Crippen LogP contribution < -0.4 is 10.1 Å². The number of β-lactam (4-membered cyclic amide) rings is 1. The molecule has 0 aliphatic carbocycles. The number of para-hydroxylation sites is 1. The zero-order chi connectivity index (χ0) is 23.0. The Labute approximate surface area is 193 Å². The summed E-state index contributed by atoms with van der Waals surface area (Å²) < 4.78 is 33.6. The lowest BCUT2D eigenvalue weighted by Crippen LogP contribution is -2.75. The van der Waals surface area contributed by atoms with Crippen molar-refractivity contribution in [2.24, 2.45) is 0 Å². The van der Waals surface area contributed by atoms with E-state index >= 15 is 0 Å². The molecule has 2 aliphatic heterocycles. The fourth-order valence-corrected chi connectivity index (χ4v) is 5.44. The van der Waals surface area contributed by atoms with Crippen LogP contribution in [0.3, 0.4) is 0 Å². The van der Waals surface area contributed by atoms with Gasteiger partial charge in [-0.2, -0.15) is 0 Å². The molecule has 1 fully saturated rings. The van der Waals surface area contributed by atoms with Gasteiger partial charge < -0.3 is 14.8 Å². The Hall–Kier alpha value is -2.01. The van der Waals surface area contributed by atoms with Gasteiger partial charge in [0.05, 0.1) is 5.75 Å². The highest BCUT2D eigenvalue weighted by atomic mass is 35.6. The Bertz CT molecular complexity index is 1040. The molecular weight excluding hydrogens is 495 g/mol. The summed E-state index contributed by atoms with van der Waals surface area (Å²) in [4.78, 5) is 38.1. The van der Waals surface area contributed by atoms with Gasteiger partial charge in [-0.3, -0.25) is 14.5 Å². The number of ether oxygens (including phenoxy) is 2. The zero-order valence-corrected chi connectivity index (χ0v) is 19.1. The molecule has 2 aliphatic rings. The molecule has 1 N–H and O–H groups in total. The second-order valence-corrected chi connectivity index (χ2v) is 11.5. The van der Waals surface area contributed by atoms with Crippen molar-refractivity contribution in [1.82, 2.24) is 10.2 Å². The van der Waals surface area contributed by atoms with Crippen LogP contribution in [0.4, 0.5) is 0 Å².